The normalized spacial score (nSPS) is 10.7. The van der Waals surface area contributed by atoms with E-state index in [1.165, 1.54) is 17.4 Å². The van der Waals surface area contributed by atoms with Gasteiger partial charge in [-0.1, -0.05) is 41.9 Å². The SMILES string of the molecule is Cc1nc(-c2ccc(Cl)cc2)sc1C(=O)Nc1ccc(Cn2ccccc2=O)cc1. The summed E-state index contributed by atoms with van der Waals surface area (Å²) >= 11 is 7.29. The van der Waals surface area contributed by atoms with Gasteiger partial charge in [-0.3, -0.25) is 9.59 Å². The molecule has 2 aromatic carbocycles. The maximum Gasteiger partial charge on any atom is 0.267 e. The number of aryl methyl sites for hydroxylation is 1. The number of anilines is 1. The first-order valence-electron chi connectivity index (χ1n) is 9.29. The number of thiazole rings is 1. The van der Waals surface area contributed by atoms with Gasteiger partial charge < -0.3 is 9.88 Å². The third kappa shape index (κ3) is 4.50. The van der Waals surface area contributed by atoms with Gasteiger partial charge in [0.15, 0.2) is 0 Å². The molecule has 0 atom stereocenters. The van der Waals surface area contributed by atoms with Gasteiger partial charge >= 0.3 is 0 Å². The number of pyridine rings is 1. The molecule has 0 radical (unpaired) electrons. The van der Waals surface area contributed by atoms with Crippen LogP contribution in [0.4, 0.5) is 5.69 Å². The van der Waals surface area contributed by atoms with E-state index in [4.69, 9.17) is 11.6 Å². The molecule has 1 amide bonds. The first-order chi connectivity index (χ1) is 14.5. The van der Waals surface area contributed by atoms with Crippen LogP contribution in [0.3, 0.4) is 0 Å². The van der Waals surface area contributed by atoms with Crippen molar-refractivity contribution in [2.45, 2.75) is 13.5 Å². The average Bonchev–Trinajstić information content (AvgIpc) is 3.13. The standard InChI is InChI=1S/C23H18ClN3O2S/c1-15-21(30-23(25-15)17-7-9-18(24)10-8-17)22(29)26-19-11-5-16(6-12-19)14-27-13-3-2-4-20(27)28/h2-13H,14H2,1H3,(H,26,29). The summed E-state index contributed by atoms with van der Waals surface area (Å²) in [6.07, 6.45) is 1.75. The zero-order valence-electron chi connectivity index (χ0n) is 16.1. The van der Waals surface area contributed by atoms with Crippen molar-refractivity contribution in [3.05, 3.63) is 104 Å². The molecule has 0 aliphatic rings. The molecule has 0 aliphatic carbocycles. The highest BCUT2D eigenvalue weighted by Crippen LogP contribution is 2.29. The molecule has 0 saturated carbocycles. The van der Waals surface area contributed by atoms with Crippen LogP contribution < -0.4 is 10.9 Å². The van der Waals surface area contributed by atoms with Gasteiger partial charge in [0.25, 0.3) is 11.5 Å². The van der Waals surface area contributed by atoms with Crippen LogP contribution in [0.2, 0.25) is 5.02 Å². The molecule has 0 bridgehead atoms. The maximum atomic E-state index is 12.7. The summed E-state index contributed by atoms with van der Waals surface area (Å²) in [5.74, 6) is -0.197. The lowest BCUT2D eigenvalue weighted by Gasteiger charge is -2.07. The van der Waals surface area contributed by atoms with E-state index in [-0.39, 0.29) is 11.5 Å². The topological polar surface area (TPSA) is 64.0 Å². The highest BCUT2D eigenvalue weighted by Gasteiger charge is 2.16. The Hall–Kier alpha value is -3.22. The van der Waals surface area contributed by atoms with Gasteiger partial charge in [0.2, 0.25) is 0 Å². The average molecular weight is 436 g/mol. The fourth-order valence-electron chi connectivity index (χ4n) is 2.99. The predicted octanol–water partition coefficient (Wildman–Crippen LogP) is 5.23. The van der Waals surface area contributed by atoms with E-state index in [1.54, 1.807) is 29.0 Å². The molecule has 150 valence electrons. The molecular formula is C23H18ClN3O2S. The smallest absolute Gasteiger partial charge is 0.267 e. The van der Waals surface area contributed by atoms with E-state index >= 15 is 0 Å². The molecule has 0 unspecified atom stereocenters. The van der Waals surface area contributed by atoms with Crippen molar-refractivity contribution in [1.29, 1.82) is 0 Å². The minimum absolute atomic E-state index is 0.0490. The Bertz CT molecular complexity index is 1240. The third-order valence-electron chi connectivity index (χ3n) is 4.56. The number of nitrogens with zero attached hydrogens (tertiary/aromatic N) is 2. The number of amides is 1. The van der Waals surface area contributed by atoms with E-state index in [0.717, 1.165) is 16.1 Å². The summed E-state index contributed by atoms with van der Waals surface area (Å²) in [6, 6.07) is 19.9. The van der Waals surface area contributed by atoms with Crippen LogP contribution in [-0.4, -0.2) is 15.5 Å². The Labute approximate surface area is 182 Å². The molecule has 0 fully saturated rings. The lowest BCUT2D eigenvalue weighted by Crippen LogP contribution is -2.18. The highest BCUT2D eigenvalue weighted by atomic mass is 35.5. The van der Waals surface area contributed by atoms with Crippen LogP contribution in [-0.2, 0) is 6.54 Å². The van der Waals surface area contributed by atoms with Crippen molar-refractivity contribution in [2.24, 2.45) is 0 Å². The molecule has 0 saturated heterocycles. The van der Waals surface area contributed by atoms with Gasteiger partial charge in [0, 0.05) is 28.5 Å². The maximum absolute atomic E-state index is 12.7. The molecule has 30 heavy (non-hydrogen) atoms. The van der Waals surface area contributed by atoms with Crippen LogP contribution in [0.15, 0.2) is 77.7 Å². The van der Waals surface area contributed by atoms with Crippen molar-refractivity contribution in [2.75, 3.05) is 5.32 Å². The predicted molar refractivity (Wildman–Crippen MR) is 121 cm³/mol. The van der Waals surface area contributed by atoms with Crippen molar-refractivity contribution < 1.29 is 4.79 Å². The number of rotatable bonds is 5. The van der Waals surface area contributed by atoms with Crippen LogP contribution in [0, 0.1) is 6.92 Å². The van der Waals surface area contributed by atoms with E-state index < -0.39 is 0 Å². The summed E-state index contributed by atoms with van der Waals surface area (Å²) in [5, 5.41) is 4.35. The summed E-state index contributed by atoms with van der Waals surface area (Å²) in [7, 11) is 0. The van der Waals surface area contributed by atoms with Crippen LogP contribution >= 0.6 is 22.9 Å². The number of hydrogen-bond donors (Lipinski definition) is 1. The van der Waals surface area contributed by atoms with Gasteiger partial charge in [0.05, 0.1) is 12.2 Å². The first kappa shape index (κ1) is 20.1. The number of halogens is 1. The second kappa shape index (κ2) is 8.65. The van der Waals surface area contributed by atoms with E-state index in [9.17, 15) is 9.59 Å². The zero-order valence-corrected chi connectivity index (χ0v) is 17.7. The van der Waals surface area contributed by atoms with Gasteiger partial charge in [-0.2, -0.15) is 0 Å². The lowest BCUT2D eigenvalue weighted by molar-refractivity contribution is 0.103. The molecule has 1 N–H and O–H groups in total. The van der Waals surface area contributed by atoms with Crippen molar-refractivity contribution >= 4 is 34.5 Å². The summed E-state index contributed by atoms with van der Waals surface area (Å²) in [5.41, 5.74) is 3.21. The van der Waals surface area contributed by atoms with E-state index in [0.29, 0.717) is 27.8 Å². The summed E-state index contributed by atoms with van der Waals surface area (Å²) in [4.78, 5) is 29.7. The first-order valence-corrected chi connectivity index (χ1v) is 10.5. The van der Waals surface area contributed by atoms with Crippen molar-refractivity contribution in [3.63, 3.8) is 0 Å². The minimum atomic E-state index is -0.197. The summed E-state index contributed by atoms with van der Waals surface area (Å²) < 4.78 is 1.63. The van der Waals surface area contributed by atoms with Crippen LogP contribution in [0.1, 0.15) is 20.9 Å². The second-order valence-electron chi connectivity index (χ2n) is 6.76. The zero-order chi connectivity index (χ0) is 21.1. The van der Waals surface area contributed by atoms with E-state index in [2.05, 4.69) is 10.3 Å². The Morgan fingerprint density at radius 2 is 1.80 bits per heavy atom. The number of nitrogens with one attached hydrogen (secondary N) is 1. The molecule has 2 aromatic heterocycles. The van der Waals surface area contributed by atoms with Gasteiger partial charge in [-0.25, -0.2) is 4.98 Å². The number of hydrogen-bond acceptors (Lipinski definition) is 4. The molecule has 7 heteroatoms. The fraction of sp³-hybridized carbons (Fsp3) is 0.0870. The Kier molecular flexibility index (Phi) is 5.79. The molecule has 0 spiro atoms. The van der Waals surface area contributed by atoms with Crippen LogP contribution in [0.5, 0.6) is 0 Å². The molecule has 4 aromatic rings. The number of carbonyl (C=O) groups excluding carboxylic acids is 1. The molecule has 4 rings (SSSR count). The Balaban J connectivity index is 1.47. The van der Waals surface area contributed by atoms with Gasteiger partial charge in [-0.15, -0.1) is 11.3 Å². The largest absolute Gasteiger partial charge is 0.321 e. The molecular weight excluding hydrogens is 418 g/mol. The highest BCUT2D eigenvalue weighted by molar-refractivity contribution is 7.17. The fourth-order valence-corrected chi connectivity index (χ4v) is 4.09. The number of carbonyl (C=O) groups is 1. The third-order valence-corrected chi connectivity index (χ3v) is 6.01. The van der Waals surface area contributed by atoms with Crippen molar-refractivity contribution in [3.8, 4) is 10.6 Å². The van der Waals surface area contributed by atoms with Crippen LogP contribution in [0.25, 0.3) is 10.6 Å². The molecule has 2 heterocycles. The monoisotopic (exact) mass is 435 g/mol. The van der Waals surface area contributed by atoms with Gasteiger partial charge in [-0.05, 0) is 42.8 Å². The summed E-state index contributed by atoms with van der Waals surface area (Å²) in [6.45, 7) is 2.30. The van der Waals surface area contributed by atoms with E-state index in [1.807, 2.05) is 49.4 Å². The number of aromatic nitrogens is 2. The molecule has 5 nitrogen and oxygen atoms in total. The Morgan fingerprint density at radius 1 is 1.07 bits per heavy atom. The second-order valence-corrected chi connectivity index (χ2v) is 8.19. The minimum Gasteiger partial charge on any atom is -0.321 e. The quantitative estimate of drug-likeness (QED) is 0.466. The van der Waals surface area contributed by atoms with Gasteiger partial charge in [0.1, 0.15) is 9.88 Å². The Morgan fingerprint density at radius 3 is 2.50 bits per heavy atom. The molecule has 0 aliphatic heterocycles. The van der Waals surface area contributed by atoms with Crippen molar-refractivity contribution in [1.82, 2.24) is 9.55 Å². The lowest BCUT2D eigenvalue weighted by atomic mass is 10.2. The number of benzene rings is 2.